The average Bonchev–Trinajstić information content (AvgIpc) is 3.13. The summed E-state index contributed by atoms with van der Waals surface area (Å²) in [4.78, 5) is 3.44. The van der Waals surface area contributed by atoms with Gasteiger partial charge in [-0.25, -0.2) is 4.98 Å². The van der Waals surface area contributed by atoms with Gasteiger partial charge in [0.2, 0.25) is 6.39 Å². The van der Waals surface area contributed by atoms with Crippen molar-refractivity contribution < 1.29 is 4.52 Å². The number of hydrogen-bond donors (Lipinski definition) is 0. The minimum absolute atomic E-state index is 0.659. The van der Waals surface area contributed by atoms with Crippen molar-refractivity contribution in [3.8, 4) is 0 Å². The van der Waals surface area contributed by atoms with Crippen LogP contribution in [0, 0.1) is 0 Å². The first-order valence-corrected chi connectivity index (χ1v) is 7.96. The Hall–Kier alpha value is -1.58. The van der Waals surface area contributed by atoms with Crippen molar-refractivity contribution >= 4 is 12.2 Å². The first kappa shape index (κ1) is 24.4. The highest BCUT2D eigenvalue weighted by atomic mass is 16.5. The highest BCUT2D eigenvalue weighted by Crippen LogP contribution is 1.86. The molecule has 2 rings (SSSR count). The smallest absolute Gasteiger partial charge is 0.213 e. The molecule has 0 unspecified atom stereocenters. The fourth-order valence-electron chi connectivity index (χ4n) is 0.974. The number of nitrogens with zero attached hydrogens (tertiary/aromatic N) is 2. The van der Waals surface area contributed by atoms with Gasteiger partial charge in [0.05, 0.1) is 0 Å². The molecule has 0 spiro atoms. The SMILES string of the molecule is CB(C)c1ccccc1.CC.CC.CCC.c1ncon1. The van der Waals surface area contributed by atoms with Crippen LogP contribution in [0.5, 0.6) is 0 Å². The molecule has 0 fully saturated rings. The van der Waals surface area contributed by atoms with Crippen LogP contribution in [0.25, 0.3) is 0 Å². The van der Waals surface area contributed by atoms with Crippen molar-refractivity contribution in [1.82, 2.24) is 10.1 Å². The van der Waals surface area contributed by atoms with E-state index in [2.05, 4.69) is 66.4 Å². The molecule has 21 heavy (non-hydrogen) atoms. The van der Waals surface area contributed by atoms with Crippen LogP contribution >= 0.6 is 0 Å². The highest BCUT2D eigenvalue weighted by molar-refractivity contribution is 6.70. The van der Waals surface area contributed by atoms with Gasteiger partial charge in [-0.15, -0.1) is 0 Å². The average molecular weight is 292 g/mol. The molecule has 0 atom stereocenters. The summed E-state index contributed by atoms with van der Waals surface area (Å²) in [6.07, 6.45) is 3.85. The van der Waals surface area contributed by atoms with Gasteiger partial charge < -0.3 is 4.52 Å². The summed E-state index contributed by atoms with van der Waals surface area (Å²) in [5.41, 5.74) is 1.41. The molecule has 1 heterocycles. The van der Waals surface area contributed by atoms with E-state index in [1.54, 1.807) is 0 Å². The van der Waals surface area contributed by atoms with Crippen molar-refractivity contribution in [3.05, 3.63) is 43.1 Å². The minimum Gasteiger partial charge on any atom is -0.343 e. The molecule has 3 nitrogen and oxygen atoms in total. The van der Waals surface area contributed by atoms with Crippen molar-refractivity contribution in [1.29, 1.82) is 0 Å². The van der Waals surface area contributed by atoms with E-state index in [1.807, 2.05) is 33.8 Å². The lowest BCUT2D eigenvalue weighted by molar-refractivity contribution is 0.416. The molecule has 0 N–H and O–H groups in total. The Morgan fingerprint density at radius 2 is 1.43 bits per heavy atom. The molecule has 0 aliphatic heterocycles. The van der Waals surface area contributed by atoms with Crippen LogP contribution in [0.3, 0.4) is 0 Å². The minimum atomic E-state index is 0.659. The number of hydrogen-bond acceptors (Lipinski definition) is 3. The summed E-state index contributed by atoms with van der Waals surface area (Å²) in [5, 5.41) is 3.24. The Kier molecular flexibility index (Phi) is 27.4. The molecule has 1 aromatic carbocycles. The maximum atomic E-state index is 4.22. The van der Waals surface area contributed by atoms with Gasteiger partial charge in [0.25, 0.3) is 0 Å². The molecule has 0 saturated carbocycles. The van der Waals surface area contributed by atoms with E-state index in [1.165, 1.54) is 24.6 Å². The Morgan fingerprint density at radius 3 is 1.62 bits per heavy atom. The fraction of sp³-hybridized carbons (Fsp3) is 0.529. The largest absolute Gasteiger partial charge is 0.343 e. The second kappa shape index (κ2) is 23.5. The second-order valence-corrected chi connectivity index (χ2v) is 3.85. The van der Waals surface area contributed by atoms with Crippen LogP contribution < -0.4 is 5.46 Å². The standard InChI is InChI=1S/C8H11B.C3H8.C2H2N2O.2C2H6/c1-9(2)8-6-4-3-5-7-8;1-3-2;1-3-2-5-4-1;2*1-2/h3-7H,1-2H3;3H2,1-2H3;1-2H;2*1-2H3. The molecule has 0 amide bonds. The lowest BCUT2D eigenvalue weighted by atomic mass is 9.49. The van der Waals surface area contributed by atoms with E-state index in [0.29, 0.717) is 6.71 Å². The molecule has 0 aliphatic carbocycles. The van der Waals surface area contributed by atoms with Crippen LogP contribution in [-0.4, -0.2) is 16.9 Å². The summed E-state index contributed by atoms with van der Waals surface area (Å²) in [6.45, 7) is 17.3. The van der Waals surface area contributed by atoms with E-state index in [9.17, 15) is 0 Å². The molecule has 0 saturated heterocycles. The van der Waals surface area contributed by atoms with Crippen LogP contribution in [-0.2, 0) is 0 Å². The molecule has 0 aliphatic rings. The van der Waals surface area contributed by atoms with Crippen molar-refractivity contribution in [2.75, 3.05) is 0 Å². The van der Waals surface area contributed by atoms with E-state index in [-0.39, 0.29) is 0 Å². The predicted molar refractivity (Wildman–Crippen MR) is 96.5 cm³/mol. The van der Waals surface area contributed by atoms with E-state index in [4.69, 9.17) is 0 Å². The van der Waals surface area contributed by atoms with Gasteiger partial charge in [-0.1, -0.05) is 103 Å². The highest BCUT2D eigenvalue weighted by Gasteiger charge is 1.98. The van der Waals surface area contributed by atoms with Gasteiger partial charge in [-0.05, 0) is 0 Å². The Balaban J connectivity index is -0.000000230. The molecular weight excluding hydrogens is 259 g/mol. The third-order valence-corrected chi connectivity index (χ3v) is 1.75. The van der Waals surface area contributed by atoms with Gasteiger partial charge in [0.1, 0.15) is 0 Å². The zero-order valence-electron chi connectivity index (χ0n) is 15.1. The summed E-state index contributed by atoms with van der Waals surface area (Å²) in [6, 6.07) is 10.5. The van der Waals surface area contributed by atoms with Gasteiger partial charge in [0.15, 0.2) is 13.0 Å². The number of aromatic nitrogens is 2. The molecule has 120 valence electrons. The molecule has 4 heteroatoms. The zero-order chi connectivity index (χ0) is 16.9. The lowest BCUT2D eigenvalue weighted by Crippen LogP contribution is -2.21. The summed E-state index contributed by atoms with van der Waals surface area (Å²) < 4.78 is 4.22. The van der Waals surface area contributed by atoms with Crippen molar-refractivity contribution in [2.24, 2.45) is 0 Å². The monoisotopic (exact) mass is 292 g/mol. The first-order valence-electron chi connectivity index (χ1n) is 7.96. The molecule has 0 bridgehead atoms. The summed E-state index contributed by atoms with van der Waals surface area (Å²) in [7, 11) is 0. The topological polar surface area (TPSA) is 38.9 Å². The second-order valence-electron chi connectivity index (χ2n) is 3.85. The maximum absolute atomic E-state index is 4.22. The number of benzene rings is 1. The Bertz CT molecular complexity index is 320. The maximum Gasteiger partial charge on any atom is 0.213 e. The fourth-order valence-corrected chi connectivity index (χ4v) is 0.974. The van der Waals surface area contributed by atoms with Gasteiger partial charge >= 0.3 is 0 Å². The van der Waals surface area contributed by atoms with Crippen LogP contribution in [0.4, 0.5) is 0 Å². The molecular formula is C17H33BN2O. The molecule has 2 aromatic rings. The van der Waals surface area contributed by atoms with E-state index < -0.39 is 0 Å². The third kappa shape index (κ3) is 20.9. The lowest BCUT2D eigenvalue weighted by Gasteiger charge is -1.98. The Labute approximate surface area is 132 Å². The van der Waals surface area contributed by atoms with E-state index in [0.717, 1.165) is 0 Å². The Morgan fingerprint density at radius 1 is 0.952 bits per heavy atom. The van der Waals surface area contributed by atoms with Crippen molar-refractivity contribution in [3.63, 3.8) is 0 Å². The number of rotatable bonds is 1. The van der Waals surface area contributed by atoms with Gasteiger partial charge in [-0.2, -0.15) is 0 Å². The third-order valence-electron chi connectivity index (χ3n) is 1.75. The molecule has 1 aromatic heterocycles. The van der Waals surface area contributed by atoms with Gasteiger partial charge in [-0.3, -0.25) is 0 Å². The van der Waals surface area contributed by atoms with Crippen molar-refractivity contribution in [2.45, 2.75) is 61.6 Å². The van der Waals surface area contributed by atoms with Crippen LogP contribution in [0.1, 0.15) is 48.0 Å². The predicted octanol–water partition coefficient (Wildman–Crippen LogP) is 5.19. The quantitative estimate of drug-likeness (QED) is 0.679. The van der Waals surface area contributed by atoms with Gasteiger partial charge in [0, 0.05) is 0 Å². The summed E-state index contributed by atoms with van der Waals surface area (Å²) >= 11 is 0. The van der Waals surface area contributed by atoms with E-state index >= 15 is 0 Å². The first-order chi connectivity index (χ1) is 10.2. The summed E-state index contributed by atoms with van der Waals surface area (Å²) in [5.74, 6) is 0. The zero-order valence-corrected chi connectivity index (χ0v) is 15.1. The molecule has 0 radical (unpaired) electrons. The normalized spacial score (nSPS) is 7.24. The van der Waals surface area contributed by atoms with Crippen LogP contribution in [0.15, 0.2) is 47.6 Å². The van der Waals surface area contributed by atoms with Crippen LogP contribution in [0.2, 0.25) is 13.6 Å².